The third kappa shape index (κ3) is 2.45. The number of morpholine rings is 1. The van der Waals surface area contributed by atoms with E-state index in [9.17, 15) is 5.26 Å². The standard InChI is InChI=1S/C13H17N3O2/c1-9-5-10(2)15-13(12(9)6-14)16-3-4-18-11(7-16)8-17/h5,11,17H,3-4,7-8H2,1-2H3. The highest BCUT2D eigenvalue weighted by molar-refractivity contribution is 5.58. The van der Waals surface area contributed by atoms with Gasteiger partial charge in [-0.05, 0) is 25.5 Å². The normalized spacial score (nSPS) is 19.7. The van der Waals surface area contributed by atoms with Crippen molar-refractivity contribution >= 4 is 5.82 Å². The molecule has 0 spiro atoms. The molecule has 1 N–H and O–H groups in total. The molecule has 1 aromatic rings. The number of rotatable bonds is 2. The largest absolute Gasteiger partial charge is 0.394 e. The molecule has 18 heavy (non-hydrogen) atoms. The van der Waals surface area contributed by atoms with Crippen LogP contribution in [0.4, 0.5) is 5.82 Å². The smallest absolute Gasteiger partial charge is 0.147 e. The number of ether oxygens (including phenoxy) is 1. The summed E-state index contributed by atoms with van der Waals surface area (Å²) in [6.07, 6.45) is -0.201. The molecule has 1 aliphatic heterocycles. The van der Waals surface area contributed by atoms with Crippen molar-refractivity contribution in [3.63, 3.8) is 0 Å². The minimum Gasteiger partial charge on any atom is -0.394 e. The molecule has 0 aliphatic carbocycles. The molecule has 96 valence electrons. The van der Waals surface area contributed by atoms with Crippen molar-refractivity contribution in [2.75, 3.05) is 31.2 Å². The zero-order chi connectivity index (χ0) is 13.1. The molecule has 2 heterocycles. The Bertz CT molecular complexity index is 482. The van der Waals surface area contributed by atoms with Crippen LogP contribution in [0.5, 0.6) is 0 Å². The van der Waals surface area contributed by atoms with Crippen LogP contribution >= 0.6 is 0 Å². The molecule has 0 amide bonds. The number of aliphatic hydroxyl groups is 1. The van der Waals surface area contributed by atoms with E-state index in [-0.39, 0.29) is 12.7 Å². The van der Waals surface area contributed by atoms with Crippen molar-refractivity contribution in [2.24, 2.45) is 0 Å². The van der Waals surface area contributed by atoms with E-state index in [4.69, 9.17) is 9.84 Å². The lowest BCUT2D eigenvalue weighted by atomic mass is 10.1. The number of hydrogen-bond donors (Lipinski definition) is 1. The van der Waals surface area contributed by atoms with Gasteiger partial charge in [0.15, 0.2) is 0 Å². The number of nitrogens with zero attached hydrogens (tertiary/aromatic N) is 3. The van der Waals surface area contributed by atoms with Crippen LogP contribution in [0.25, 0.3) is 0 Å². The summed E-state index contributed by atoms with van der Waals surface area (Å²) < 4.78 is 5.41. The van der Waals surface area contributed by atoms with Crippen LogP contribution in [-0.2, 0) is 4.74 Å². The lowest BCUT2D eigenvalue weighted by Gasteiger charge is -2.33. The average molecular weight is 247 g/mol. The predicted molar refractivity (Wildman–Crippen MR) is 67.5 cm³/mol. The van der Waals surface area contributed by atoms with Crippen molar-refractivity contribution in [3.05, 3.63) is 22.9 Å². The van der Waals surface area contributed by atoms with E-state index in [0.29, 0.717) is 31.1 Å². The van der Waals surface area contributed by atoms with Crippen molar-refractivity contribution < 1.29 is 9.84 Å². The SMILES string of the molecule is Cc1cc(C)c(C#N)c(N2CCOC(CO)C2)n1. The molecule has 0 saturated carbocycles. The molecule has 1 saturated heterocycles. The van der Waals surface area contributed by atoms with E-state index in [1.165, 1.54) is 0 Å². The first-order chi connectivity index (χ1) is 8.65. The number of anilines is 1. The van der Waals surface area contributed by atoms with Crippen LogP contribution in [0.3, 0.4) is 0 Å². The number of aryl methyl sites for hydroxylation is 2. The molecule has 0 radical (unpaired) electrons. The summed E-state index contributed by atoms with van der Waals surface area (Å²) in [6, 6.07) is 4.12. The molecule has 2 rings (SSSR count). The lowest BCUT2D eigenvalue weighted by molar-refractivity contribution is 0.00334. The first-order valence-electron chi connectivity index (χ1n) is 6.01. The summed E-state index contributed by atoms with van der Waals surface area (Å²) in [5.41, 5.74) is 2.44. The fraction of sp³-hybridized carbons (Fsp3) is 0.538. The lowest BCUT2D eigenvalue weighted by Crippen LogP contribution is -2.44. The molecule has 1 atom stereocenters. The highest BCUT2D eigenvalue weighted by Gasteiger charge is 2.23. The van der Waals surface area contributed by atoms with Gasteiger partial charge >= 0.3 is 0 Å². The van der Waals surface area contributed by atoms with Crippen LogP contribution in [0, 0.1) is 25.2 Å². The molecule has 1 aliphatic rings. The van der Waals surface area contributed by atoms with Crippen LogP contribution < -0.4 is 4.90 Å². The van der Waals surface area contributed by atoms with Gasteiger partial charge in [0.2, 0.25) is 0 Å². The molecule has 1 unspecified atom stereocenters. The van der Waals surface area contributed by atoms with Crippen LogP contribution in [-0.4, -0.2) is 42.5 Å². The number of hydrogen-bond acceptors (Lipinski definition) is 5. The Kier molecular flexibility index (Phi) is 3.80. The summed E-state index contributed by atoms with van der Waals surface area (Å²) in [4.78, 5) is 6.48. The van der Waals surface area contributed by atoms with Crippen molar-refractivity contribution in [2.45, 2.75) is 20.0 Å². The zero-order valence-electron chi connectivity index (χ0n) is 10.7. The Labute approximate surface area is 107 Å². The van der Waals surface area contributed by atoms with Gasteiger partial charge in [0.05, 0.1) is 24.9 Å². The number of aliphatic hydroxyl groups excluding tert-OH is 1. The second kappa shape index (κ2) is 5.34. The number of pyridine rings is 1. The highest BCUT2D eigenvalue weighted by atomic mass is 16.5. The maximum Gasteiger partial charge on any atom is 0.147 e. The minimum absolute atomic E-state index is 0.0107. The third-order valence-electron chi connectivity index (χ3n) is 3.08. The van der Waals surface area contributed by atoms with Crippen molar-refractivity contribution in [1.82, 2.24) is 4.98 Å². The van der Waals surface area contributed by atoms with Gasteiger partial charge in [-0.1, -0.05) is 0 Å². The van der Waals surface area contributed by atoms with Gasteiger partial charge in [-0.3, -0.25) is 0 Å². The van der Waals surface area contributed by atoms with Crippen molar-refractivity contribution in [3.8, 4) is 6.07 Å². The van der Waals surface area contributed by atoms with Gasteiger partial charge in [-0.25, -0.2) is 4.98 Å². The Hall–Kier alpha value is -1.64. The van der Waals surface area contributed by atoms with Gasteiger partial charge in [0.1, 0.15) is 11.9 Å². The second-order valence-corrected chi connectivity index (χ2v) is 4.51. The average Bonchev–Trinajstić information content (AvgIpc) is 2.38. The highest BCUT2D eigenvalue weighted by Crippen LogP contribution is 2.23. The minimum atomic E-state index is -0.201. The number of nitriles is 1. The molecular weight excluding hydrogens is 230 g/mol. The number of aromatic nitrogens is 1. The van der Waals surface area contributed by atoms with E-state index in [2.05, 4.69) is 11.1 Å². The van der Waals surface area contributed by atoms with Gasteiger partial charge in [-0.15, -0.1) is 0 Å². The molecule has 0 bridgehead atoms. The predicted octanol–water partition coefficient (Wildman–Crippen LogP) is 0.768. The Morgan fingerprint density at radius 3 is 3.06 bits per heavy atom. The maximum absolute atomic E-state index is 9.25. The topological polar surface area (TPSA) is 69.4 Å². The maximum atomic E-state index is 9.25. The molecule has 5 heteroatoms. The third-order valence-corrected chi connectivity index (χ3v) is 3.08. The quantitative estimate of drug-likeness (QED) is 0.836. The van der Waals surface area contributed by atoms with Crippen LogP contribution in [0.15, 0.2) is 6.07 Å². The van der Waals surface area contributed by atoms with Crippen LogP contribution in [0.1, 0.15) is 16.8 Å². The van der Waals surface area contributed by atoms with Crippen LogP contribution in [0.2, 0.25) is 0 Å². The summed E-state index contributed by atoms with van der Waals surface area (Å²) in [6.45, 7) is 5.64. The van der Waals surface area contributed by atoms with E-state index >= 15 is 0 Å². The Morgan fingerprint density at radius 2 is 2.39 bits per heavy atom. The molecule has 0 aromatic carbocycles. The van der Waals surface area contributed by atoms with Gasteiger partial charge < -0.3 is 14.7 Å². The van der Waals surface area contributed by atoms with Gasteiger partial charge in [0, 0.05) is 18.8 Å². The summed E-state index contributed by atoms with van der Waals surface area (Å²) in [7, 11) is 0. The molecule has 1 fully saturated rings. The first-order valence-corrected chi connectivity index (χ1v) is 6.01. The monoisotopic (exact) mass is 247 g/mol. The second-order valence-electron chi connectivity index (χ2n) is 4.51. The Balaban J connectivity index is 2.35. The van der Waals surface area contributed by atoms with Crippen molar-refractivity contribution in [1.29, 1.82) is 5.26 Å². The fourth-order valence-corrected chi connectivity index (χ4v) is 2.21. The molecule has 5 nitrogen and oxygen atoms in total. The zero-order valence-corrected chi connectivity index (χ0v) is 10.7. The van der Waals surface area contributed by atoms with Gasteiger partial charge in [0.25, 0.3) is 0 Å². The Morgan fingerprint density at radius 1 is 1.61 bits per heavy atom. The molecule has 1 aromatic heterocycles. The summed E-state index contributed by atoms with van der Waals surface area (Å²) in [5.74, 6) is 0.705. The first kappa shape index (κ1) is 12.8. The van der Waals surface area contributed by atoms with E-state index in [1.807, 2.05) is 24.8 Å². The molecular formula is C13H17N3O2. The van der Waals surface area contributed by atoms with E-state index in [1.54, 1.807) is 0 Å². The van der Waals surface area contributed by atoms with Gasteiger partial charge in [-0.2, -0.15) is 5.26 Å². The summed E-state index contributed by atoms with van der Waals surface area (Å²) in [5, 5.41) is 18.4. The van der Waals surface area contributed by atoms with E-state index in [0.717, 1.165) is 11.3 Å². The van der Waals surface area contributed by atoms with E-state index < -0.39 is 0 Å². The summed E-state index contributed by atoms with van der Waals surface area (Å²) >= 11 is 0. The fourth-order valence-electron chi connectivity index (χ4n) is 2.21.